The number of piperidine rings is 1. The summed E-state index contributed by atoms with van der Waals surface area (Å²) in [5, 5.41) is 0. The van der Waals surface area contributed by atoms with E-state index in [4.69, 9.17) is 11.2 Å². The molecule has 1 fully saturated rings. The number of nitrogens with zero attached hydrogens (tertiary/aromatic N) is 2. The Morgan fingerprint density at radius 3 is 3.04 bits per heavy atom. The predicted octanol–water partition coefficient (Wildman–Crippen LogP) is 2.66. The van der Waals surface area contributed by atoms with Gasteiger partial charge in [0, 0.05) is 17.7 Å². The highest BCUT2D eigenvalue weighted by Crippen LogP contribution is 2.32. The quantitative estimate of drug-likeness (QED) is 0.631. The van der Waals surface area contributed by atoms with E-state index in [2.05, 4.69) is 10.9 Å². The van der Waals surface area contributed by atoms with E-state index < -0.39 is 0 Å². The van der Waals surface area contributed by atoms with Gasteiger partial charge in [0.1, 0.15) is 17.6 Å². The summed E-state index contributed by atoms with van der Waals surface area (Å²) in [5.41, 5.74) is 1.69. The van der Waals surface area contributed by atoms with E-state index in [0.717, 1.165) is 25.8 Å². The second kappa shape index (κ2) is 7.31. The SMILES string of the molecule is C#CC1=NC[C](F)C=C1c1ccccc1OC1CCCN(C=O)C1. The van der Waals surface area contributed by atoms with Crippen molar-refractivity contribution in [2.75, 3.05) is 19.6 Å². The van der Waals surface area contributed by atoms with Crippen LogP contribution < -0.4 is 4.74 Å². The van der Waals surface area contributed by atoms with Crippen molar-refractivity contribution in [1.29, 1.82) is 0 Å². The van der Waals surface area contributed by atoms with Gasteiger partial charge in [0.15, 0.2) is 6.17 Å². The van der Waals surface area contributed by atoms with Crippen LogP contribution in [-0.4, -0.2) is 42.8 Å². The van der Waals surface area contributed by atoms with Gasteiger partial charge in [-0.3, -0.25) is 9.79 Å². The molecule has 0 aliphatic carbocycles. The molecule has 1 atom stereocenters. The summed E-state index contributed by atoms with van der Waals surface area (Å²) < 4.78 is 19.8. The van der Waals surface area contributed by atoms with Gasteiger partial charge >= 0.3 is 0 Å². The van der Waals surface area contributed by atoms with Crippen LogP contribution in [0.2, 0.25) is 0 Å². The lowest BCUT2D eigenvalue weighted by Gasteiger charge is -2.31. The van der Waals surface area contributed by atoms with E-state index in [1.165, 1.54) is 6.08 Å². The van der Waals surface area contributed by atoms with Crippen LogP contribution in [0.4, 0.5) is 4.39 Å². The topological polar surface area (TPSA) is 41.9 Å². The summed E-state index contributed by atoms with van der Waals surface area (Å²) in [6, 6.07) is 7.38. The van der Waals surface area contributed by atoms with Crippen molar-refractivity contribution in [3.63, 3.8) is 0 Å². The number of amides is 1. The maximum atomic E-state index is 13.7. The number of carbonyl (C=O) groups is 1. The van der Waals surface area contributed by atoms with Crippen LogP contribution in [0.15, 0.2) is 35.3 Å². The van der Waals surface area contributed by atoms with Crippen LogP contribution in [0.1, 0.15) is 18.4 Å². The number of para-hydroxylation sites is 1. The minimum absolute atomic E-state index is 0.0248. The van der Waals surface area contributed by atoms with Crippen LogP contribution >= 0.6 is 0 Å². The molecule has 123 valence electrons. The lowest BCUT2D eigenvalue weighted by Crippen LogP contribution is -2.40. The van der Waals surface area contributed by atoms with Crippen LogP contribution in [0.3, 0.4) is 0 Å². The first-order valence-electron chi connectivity index (χ1n) is 7.91. The molecule has 1 aromatic rings. The van der Waals surface area contributed by atoms with Crippen molar-refractivity contribution >= 4 is 17.7 Å². The van der Waals surface area contributed by atoms with Gasteiger partial charge < -0.3 is 9.64 Å². The summed E-state index contributed by atoms with van der Waals surface area (Å²) in [4.78, 5) is 16.8. The fourth-order valence-electron chi connectivity index (χ4n) is 2.97. The van der Waals surface area contributed by atoms with Gasteiger partial charge in [0.25, 0.3) is 0 Å². The van der Waals surface area contributed by atoms with Gasteiger partial charge in [-0.05, 0) is 25.0 Å². The molecule has 0 saturated carbocycles. The normalized spacial score (nSPS) is 21.5. The number of aliphatic imine (C=N–C) groups is 1. The number of rotatable bonds is 4. The van der Waals surface area contributed by atoms with Crippen LogP contribution in [-0.2, 0) is 4.79 Å². The first-order valence-corrected chi connectivity index (χ1v) is 7.91. The highest BCUT2D eigenvalue weighted by atomic mass is 19.1. The van der Waals surface area contributed by atoms with E-state index in [9.17, 15) is 9.18 Å². The molecule has 0 bridgehead atoms. The number of benzene rings is 1. The second-order valence-electron chi connectivity index (χ2n) is 5.79. The van der Waals surface area contributed by atoms with Gasteiger partial charge in [-0.2, -0.15) is 0 Å². The average Bonchev–Trinajstić information content (AvgIpc) is 2.62. The van der Waals surface area contributed by atoms with Crippen molar-refractivity contribution < 1.29 is 13.9 Å². The molecule has 5 heteroatoms. The zero-order valence-corrected chi connectivity index (χ0v) is 13.2. The molecule has 2 aliphatic rings. The molecule has 1 unspecified atom stereocenters. The van der Waals surface area contributed by atoms with Gasteiger partial charge in [-0.25, -0.2) is 4.39 Å². The fraction of sp³-hybridized carbons (Fsp3) is 0.316. The standard InChI is InChI=1S/C19H18FN2O2/c1-2-18-17(10-14(20)11-21-18)16-7-3-4-8-19(16)24-15-6-5-9-22(12-15)13-23/h1,3-4,7-8,10,13,15H,5-6,9,11-12H2. The minimum atomic E-state index is -0.330. The van der Waals surface area contributed by atoms with Crippen LogP contribution in [0.5, 0.6) is 5.75 Å². The third-order valence-electron chi connectivity index (χ3n) is 4.11. The molecule has 1 aromatic carbocycles. The summed E-state index contributed by atoms with van der Waals surface area (Å²) >= 11 is 0. The van der Waals surface area contributed by atoms with Crippen LogP contribution in [0.25, 0.3) is 5.57 Å². The number of hydrogen-bond acceptors (Lipinski definition) is 3. The number of hydrogen-bond donors (Lipinski definition) is 0. The Hall–Kier alpha value is -2.61. The molecule has 0 N–H and O–H groups in total. The van der Waals surface area contributed by atoms with Crippen LogP contribution in [0, 0.1) is 18.5 Å². The molecule has 3 rings (SSSR count). The van der Waals surface area contributed by atoms with E-state index in [1.807, 2.05) is 24.3 Å². The smallest absolute Gasteiger partial charge is 0.209 e. The molecule has 4 nitrogen and oxygen atoms in total. The number of likely N-dealkylation sites (tertiary alicyclic amines) is 1. The Morgan fingerprint density at radius 2 is 2.25 bits per heavy atom. The number of allylic oxidation sites excluding steroid dienone is 1. The van der Waals surface area contributed by atoms with Gasteiger partial charge in [0.05, 0.1) is 13.1 Å². The van der Waals surface area contributed by atoms with Gasteiger partial charge in [-0.1, -0.05) is 24.1 Å². The van der Waals surface area contributed by atoms with E-state index >= 15 is 0 Å². The summed E-state index contributed by atoms with van der Waals surface area (Å²) in [6.07, 6.45) is 9.12. The van der Waals surface area contributed by atoms with Gasteiger partial charge in [0.2, 0.25) is 6.41 Å². The molecule has 1 radical (unpaired) electrons. The third kappa shape index (κ3) is 3.48. The fourth-order valence-corrected chi connectivity index (χ4v) is 2.97. The number of halogens is 1. The molecule has 0 aromatic heterocycles. The lowest BCUT2D eigenvalue weighted by atomic mass is 9.96. The highest BCUT2D eigenvalue weighted by Gasteiger charge is 2.24. The van der Waals surface area contributed by atoms with Crippen molar-refractivity contribution in [3.05, 3.63) is 42.1 Å². The van der Waals surface area contributed by atoms with Crippen molar-refractivity contribution in [1.82, 2.24) is 4.90 Å². The van der Waals surface area contributed by atoms with Crippen molar-refractivity contribution in [3.8, 4) is 18.1 Å². The summed E-state index contributed by atoms with van der Waals surface area (Å²) in [5.74, 6) is 3.14. The van der Waals surface area contributed by atoms with Gasteiger partial charge in [-0.15, -0.1) is 6.42 Å². The average molecular weight is 325 g/mol. The van der Waals surface area contributed by atoms with E-state index in [0.29, 0.717) is 29.1 Å². The molecule has 0 spiro atoms. The third-order valence-corrected chi connectivity index (χ3v) is 4.11. The monoisotopic (exact) mass is 325 g/mol. The summed E-state index contributed by atoms with van der Waals surface area (Å²) in [7, 11) is 0. The Labute approximate surface area is 141 Å². The molecule has 2 aliphatic heterocycles. The van der Waals surface area contributed by atoms with Crippen molar-refractivity contribution in [2.24, 2.45) is 4.99 Å². The zero-order valence-electron chi connectivity index (χ0n) is 13.2. The number of terminal acetylenes is 1. The van der Waals surface area contributed by atoms with E-state index in [1.54, 1.807) is 4.90 Å². The first kappa shape index (κ1) is 16.3. The lowest BCUT2D eigenvalue weighted by molar-refractivity contribution is -0.120. The molecule has 1 amide bonds. The molecule has 2 heterocycles. The first-order chi connectivity index (χ1) is 11.7. The molecular formula is C19H18FN2O2. The summed E-state index contributed by atoms with van der Waals surface area (Å²) in [6.45, 7) is 1.28. The minimum Gasteiger partial charge on any atom is -0.488 e. The van der Waals surface area contributed by atoms with E-state index in [-0.39, 0.29) is 18.8 Å². The Morgan fingerprint density at radius 1 is 1.42 bits per heavy atom. The Kier molecular flexibility index (Phi) is 4.95. The maximum absolute atomic E-state index is 13.7. The number of dihydropyridines is 1. The molecule has 24 heavy (non-hydrogen) atoms. The van der Waals surface area contributed by atoms with Crippen molar-refractivity contribution in [2.45, 2.75) is 18.9 Å². The maximum Gasteiger partial charge on any atom is 0.209 e. The molecule has 1 saturated heterocycles. The molecular weight excluding hydrogens is 307 g/mol. The second-order valence-corrected chi connectivity index (χ2v) is 5.79. The Bertz CT molecular complexity index is 720. The predicted molar refractivity (Wildman–Crippen MR) is 91.2 cm³/mol. The Balaban J connectivity index is 1.87. The largest absolute Gasteiger partial charge is 0.488 e. The zero-order chi connectivity index (χ0) is 16.9. The highest BCUT2D eigenvalue weighted by molar-refractivity contribution is 6.33. The number of carbonyl (C=O) groups excluding carboxylic acids is 1. The number of ether oxygens (including phenoxy) is 1.